The Labute approximate surface area is 148 Å². The summed E-state index contributed by atoms with van der Waals surface area (Å²) in [7, 11) is 0. The van der Waals surface area contributed by atoms with Crippen molar-refractivity contribution in [2.24, 2.45) is 5.41 Å². The highest BCUT2D eigenvalue weighted by Gasteiger charge is 2.32. The largest absolute Gasteiger partial charge is 0.446 e. The van der Waals surface area contributed by atoms with E-state index < -0.39 is 11.6 Å². The first-order chi connectivity index (χ1) is 11.9. The summed E-state index contributed by atoms with van der Waals surface area (Å²) in [5, 5.41) is 0. The summed E-state index contributed by atoms with van der Waals surface area (Å²) in [5.41, 5.74) is 1.58. The zero-order valence-corrected chi connectivity index (χ0v) is 14.7. The summed E-state index contributed by atoms with van der Waals surface area (Å²) < 4.78 is 7.70. The summed E-state index contributed by atoms with van der Waals surface area (Å²) >= 11 is 0. The first-order valence-corrected chi connectivity index (χ1v) is 8.30. The number of rotatable bonds is 5. The predicted molar refractivity (Wildman–Crippen MR) is 98.2 cm³/mol. The van der Waals surface area contributed by atoms with Crippen LogP contribution in [0.5, 0.6) is 5.88 Å². The zero-order chi connectivity index (χ0) is 17.9. The fourth-order valence-corrected chi connectivity index (χ4v) is 2.49. The molecule has 0 spiro atoms. The Morgan fingerprint density at radius 2 is 1.64 bits per heavy atom. The van der Waals surface area contributed by atoms with Gasteiger partial charge in [-0.15, -0.1) is 0 Å². The molecule has 0 saturated carbocycles. The molecule has 0 bridgehead atoms. The second kappa shape index (κ2) is 6.93. The van der Waals surface area contributed by atoms with Crippen molar-refractivity contribution in [3.63, 3.8) is 0 Å². The maximum atomic E-state index is 12.8. The lowest BCUT2D eigenvalue weighted by Crippen LogP contribution is -2.33. The Kier molecular flexibility index (Phi) is 4.70. The quantitative estimate of drug-likeness (QED) is 0.677. The first-order valence-electron chi connectivity index (χ1n) is 8.30. The number of ketones is 1. The van der Waals surface area contributed by atoms with Crippen LogP contribution in [-0.2, 0) is 4.79 Å². The van der Waals surface area contributed by atoms with Crippen LogP contribution in [0, 0.1) is 5.41 Å². The molecule has 2 heterocycles. The second-order valence-corrected chi connectivity index (χ2v) is 6.97. The molecule has 1 aromatic carbocycles. The number of ether oxygens (including phenoxy) is 1. The molecule has 128 valence electrons. The van der Waals surface area contributed by atoms with Gasteiger partial charge in [-0.2, -0.15) is 0 Å². The van der Waals surface area contributed by atoms with E-state index in [4.69, 9.17) is 4.74 Å². The minimum absolute atomic E-state index is 0.00219. The van der Waals surface area contributed by atoms with E-state index in [2.05, 4.69) is 4.98 Å². The molecule has 0 fully saturated rings. The maximum Gasteiger partial charge on any atom is 0.237 e. The average molecular weight is 334 g/mol. The Morgan fingerprint density at radius 3 is 2.20 bits per heavy atom. The number of hydrogen-bond acceptors (Lipinski definition) is 3. The standard InChI is InChI=1S/C21H22N2O2/c1-21(2,3)19(24)20(23-13-7-8-14-23)25-18-12-11-17(15-22-18)16-9-5-4-6-10-16/h4-15,20H,1-3H3. The van der Waals surface area contributed by atoms with Gasteiger partial charge < -0.3 is 9.30 Å². The number of carbonyl (C=O) groups excluding carboxylic acids is 1. The van der Waals surface area contributed by atoms with Gasteiger partial charge in [0.25, 0.3) is 0 Å². The lowest BCUT2D eigenvalue weighted by molar-refractivity contribution is -0.137. The summed E-state index contributed by atoms with van der Waals surface area (Å²) in [4.78, 5) is 17.2. The van der Waals surface area contributed by atoms with Crippen LogP contribution in [0.4, 0.5) is 0 Å². The van der Waals surface area contributed by atoms with E-state index >= 15 is 0 Å². The van der Waals surface area contributed by atoms with Crippen LogP contribution in [0.25, 0.3) is 11.1 Å². The van der Waals surface area contributed by atoms with E-state index in [0.717, 1.165) is 11.1 Å². The smallest absolute Gasteiger partial charge is 0.237 e. The van der Waals surface area contributed by atoms with Gasteiger partial charge in [0.05, 0.1) is 0 Å². The van der Waals surface area contributed by atoms with Crippen LogP contribution in [0.3, 0.4) is 0 Å². The lowest BCUT2D eigenvalue weighted by Gasteiger charge is -2.26. The average Bonchev–Trinajstić information content (AvgIpc) is 3.14. The number of aromatic nitrogens is 2. The molecular weight excluding hydrogens is 312 g/mol. The van der Waals surface area contributed by atoms with Crippen LogP contribution in [0.1, 0.15) is 27.0 Å². The molecular formula is C21H22N2O2. The van der Waals surface area contributed by atoms with E-state index in [1.807, 2.05) is 81.7 Å². The Morgan fingerprint density at radius 1 is 0.960 bits per heavy atom. The third-order valence-electron chi connectivity index (χ3n) is 3.94. The third-order valence-corrected chi connectivity index (χ3v) is 3.94. The van der Waals surface area contributed by atoms with Gasteiger partial charge in [0, 0.05) is 35.6 Å². The van der Waals surface area contributed by atoms with Crippen molar-refractivity contribution in [2.75, 3.05) is 0 Å². The topological polar surface area (TPSA) is 44.1 Å². The van der Waals surface area contributed by atoms with Crippen LogP contribution >= 0.6 is 0 Å². The fourth-order valence-electron chi connectivity index (χ4n) is 2.49. The lowest BCUT2D eigenvalue weighted by atomic mass is 9.89. The number of Topliss-reactive ketones (excluding diaryl/α,β-unsaturated/α-hetero) is 1. The highest BCUT2D eigenvalue weighted by Crippen LogP contribution is 2.27. The molecule has 2 aromatic heterocycles. The molecule has 4 nitrogen and oxygen atoms in total. The Balaban J connectivity index is 1.84. The molecule has 1 unspecified atom stereocenters. The van der Waals surface area contributed by atoms with E-state index in [-0.39, 0.29) is 5.78 Å². The molecule has 0 aliphatic heterocycles. The monoisotopic (exact) mass is 334 g/mol. The van der Waals surface area contributed by atoms with E-state index in [1.54, 1.807) is 16.8 Å². The van der Waals surface area contributed by atoms with Gasteiger partial charge in [-0.05, 0) is 23.8 Å². The number of pyridine rings is 1. The van der Waals surface area contributed by atoms with E-state index in [9.17, 15) is 4.79 Å². The molecule has 0 radical (unpaired) electrons. The summed E-state index contributed by atoms with van der Waals surface area (Å²) in [6.07, 6.45) is 4.68. The molecule has 1 atom stereocenters. The number of hydrogen-bond donors (Lipinski definition) is 0. The number of carbonyl (C=O) groups is 1. The van der Waals surface area contributed by atoms with Gasteiger partial charge >= 0.3 is 0 Å². The third kappa shape index (κ3) is 3.97. The molecule has 0 aliphatic rings. The van der Waals surface area contributed by atoms with E-state index in [0.29, 0.717) is 5.88 Å². The maximum absolute atomic E-state index is 12.8. The van der Waals surface area contributed by atoms with Crippen molar-refractivity contribution in [3.8, 4) is 17.0 Å². The first kappa shape index (κ1) is 17.0. The predicted octanol–water partition coefficient (Wildman–Crippen LogP) is 4.74. The molecule has 0 amide bonds. The number of nitrogens with zero attached hydrogens (tertiary/aromatic N) is 2. The van der Waals surface area contributed by atoms with Crippen molar-refractivity contribution in [2.45, 2.75) is 27.0 Å². The molecule has 25 heavy (non-hydrogen) atoms. The fraction of sp³-hybridized carbons (Fsp3) is 0.238. The molecule has 0 saturated heterocycles. The Hall–Kier alpha value is -2.88. The zero-order valence-electron chi connectivity index (χ0n) is 14.7. The van der Waals surface area contributed by atoms with Crippen LogP contribution in [0.2, 0.25) is 0 Å². The van der Waals surface area contributed by atoms with Gasteiger partial charge in [0.2, 0.25) is 12.1 Å². The Bertz CT molecular complexity index is 817. The molecule has 0 aliphatic carbocycles. The van der Waals surface area contributed by atoms with Crippen molar-refractivity contribution in [1.82, 2.24) is 9.55 Å². The molecule has 4 heteroatoms. The second-order valence-electron chi connectivity index (χ2n) is 6.97. The van der Waals surface area contributed by atoms with Gasteiger partial charge in [-0.1, -0.05) is 51.1 Å². The summed E-state index contributed by atoms with van der Waals surface area (Å²) in [6.45, 7) is 5.67. The number of benzene rings is 1. The minimum Gasteiger partial charge on any atom is -0.446 e. The van der Waals surface area contributed by atoms with Gasteiger partial charge in [0.15, 0.2) is 5.78 Å². The van der Waals surface area contributed by atoms with Gasteiger partial charge in [-0.3, -0.25) is 4.79 Å². The SMILES string of the molecule is CC(C)(C)C(=O)C(Oc1ccc(-c2ccccc2)cn1)n1cccc1. The van der Waals surface area contributed by atoms with Crippen LogP contribution < -0.4 is 4.74 Å². The molecule has 0 N–H and O–H groups in total. The molecule has 3 aromatic rings. The van der Waals surface area contributed by atoms with Crippen molar-refractivity contribution in [1.29, 1.82) is 0 Å². The summed E-state index contributed by atoms with van der Waals surface area (Å²) in [6, 6.07) is 17.5. The molecule has 3 rings (SSSR count). The van der Waals surface area contributed by atoms with Gasteiger partial charge in [-0.25, -0.2) is 4.98 Å². The van der Waals surface area contributed by atoms with Crippen molar-refractivity contribution in [3.05, 3.63) is 73.2 Å². The van der Waals surface area contributed by atoms with Crippen LogP contribution in [-0.4, -0.2) is 15.3 Å². The minimum atomic E-state index is -0.731. The highest BCUT2D eigenvalue weighted by molar-refractivity contribution is 5.86. The normalized spacial score (nSPS) is 12.6. The van der Waals surface area contributed by atoms with Crippen molar-refractivity contribution >= 4 is 5.78 Å². The van der Waals surface area contributed by atoms with E-state index in [1.165, 1.54) is 0 Å². The van der Waals surface area contributed by atoms with Gasteiger partial charge in [0.1, 0.15) is 0 Å². The van der Waals surface area contributed by atoms with Crippen LogP contribution in [0.15, 0.2) is 73.2 Å². The highest BCUT2D eigenvalue weighted by atomic mass is 16.5. The summed E-state index contributed by atoms with van der Waals surface area (Å²) in [5.74, 6) is 0.425. The van der Waals surface area contributed by atoms with Crippen molar-refractivity contribution < 1.29 is 9.53 Å².